The second-order valence-corrected chi connectivity index (χ2v) is 12.9. The third-order valence-electron chi connectivity index (χ3n) is 7.06. The van der Waals surface area contributed by atoms with Crippen molar-refractivity contribution in [1.29, 1.82) is 0 Å². The van der Waals surface area contributed by atoms with E-state index in [1.165, 1.54) is 12.1 Å². The second-order valence-electron chi connectivity index (χ2n) is 9.79. The Hall–Kier alpha value is -4.66. The molecule has 43 heavy (non-hydrogen) atoms. The molecule has 1 heterocycles. The van der Waals surface area contributed by atoms with Gasteiger partial charge in [0.25, 0.3) is 20.1 Å². The first-order valence-corrected chi connectivity index (χ1v) is 15.3. The monoisotopic (exact) mass is 626 g/mol. The van der Waals surface area contributed by atoms with Crippen molar-refractivity contribution in [3.8, 4) is 0 Å². The average Bonchev–Trinajstić information content (AvgIpc) is 3.19. The molecule has 1 aliphatic rings. The number of hydrogen-bond acceptors (Lipinski definition) is 7. The molecule has 218 valence electrons. The van der Waals surface area contributed by atoms with Crippen molar-refractivity contribution in [2.75, 3.05) is 4.72 Å². The van der Waals surface area contributed by atoms with E-state index in [4.69, 9.17) is 0 Å². The normalized spacial score (nSPS) is 14.4. The van der Waals surface area contributed by atoms with Gasteiger partial charge in [-0.1, -0.05) is 30.3 Å². The lowest BCUT2D eigenvalue weighted by atomic mass is 9.98. The fourth-order valence-electron chi connectivity index (χ4n) is 4.98. The fourth-order valence-corrected chi connectivity index (χ4v) is 6.58. The van der Waals surface area contributed by atoms with E-state index in [1.54, 1.807) is 36.4 Å². The van der Waals surface area contributed by atoms with Crippen molar-refractivity contribution in [2.24, 2.45) is 0 Å². The van der Waals surface area contributed by atoms with Crippen LogP contribution in [-0.4, -0.2) is 37.9 Å². The van der Waals surface area contributed by atoms with Gasteiger partial charge < -0.3 is 0 Å². The maximum atomic E-state index is 13.4. The highest BCUT2D eigenvalue weighted by atomic mass is 32.2. The first-order valence-electron chi connectivity index (χ1n) is 12.4. The molecule has 0 radical (unpaired) electrons. The van der Waals surface area contributed by atoms with Crippen LogP contribution in [0.3, 0.4) is 0 Å². The van der Waals surface area contributed by atoms with E-state index >= 15 is 0 Å². The van der Waals surface area contributed by atoms with Gasteiger partial charge in [0.05, 0.1) is 32.3 Å². The van der Waals surface area contributed by atoms with Crippen LogP contribution in [0.5, 0.6) is 0 Å². The van der Waals surface area contributed by atoms with Crippen LogP contribution < -0.4 is 4.72 Å². The summed E-state index contributed by atoms with van der Waals surface area (Å²) >= 11 is 0. The van der Waals surface area contributed by atoms with Crippen LogP contribution in [0.1, 0.15) is 37.9 Å². The van der Waals surface area contributed by atoms with Gasteiger partial charge in [-0.15, -0.1) is 0 Å². The number of Topliss-reactive ketones (excluding diaryl/α,β-unsaturated/α-hetero) is 2. The molecule has 0 atom stereocenters. The van der Waals surface area contributed by atoms with Crippen molar-refractivity contribution in [3.05, 3.63) is 107 Å². The van der Waals surface area contributed by atoms with E-state index in [0.29, 0.717) is 12.1 Å². The van der Waals surface area contributed by atoms with Gasteiger partial charge in [-0.05, 0) is 65.4 Å². The summed E-state index contributed by atoms with van der Waals surface area (Å²) in [6, 6.07) is 17.3. The van der Waals surface area contributed by atoms with Gasteiger partial charge in [-0.3, -0.25) is 18.9 Å². The molecule has 14 heteroatoms. The topological polar surface area (TPSA) is 148 Å². The molecule has 2 N–H and O–H groups in total. The van der Waals surface area contributed by atoms with E-state index in [0.717, 1.165) is 35.0 Å². The summed E-state index contributed by atoms with van der Waals surface area (Å²) in [5.74, 6) is -2.42. The number of carbonyl (C=O) groups excluding carboxylic acids is 2. The lowest BCUT2D eigenvalue weighted by molar-refractivity contribution is -0.137. The summed E-state index contributed by atoms with van der Waals surface area (Å²) in [5, 5.41) is 1.50. The van der Waals surface area contributed by atoms with Crippen molar-refractivity contribution >= 4 is 59.1 Å². The summed E-state index contributed by atoms with van der Waals surface area (Å²) in [4.78, 5) is 29.9. The highest BCUT2D eigenvalue weighted by molar-refractivity contribution is 7.92. The Morgan fingerprint density at radius 3 is 1.84 bits per heavy atom. The lowest BCUT2D eigenvalue weighted by Gasteiger charge is -2.14. The predicted octanol–water partition coefficient (Wildman–Crippen LogP) is 5.62. The molecule has 1 aliphatic carbocycles. The number of rotatable bonds is 5. The number of carbonyl (C=O) groups is 2. The number of pyridine rings is 1. The summed E-state index contributed by atoms with van der Waals surface area (Å²) in [7, 11) is -9.47. The number of hydrogen-bond donors (Lipinski definition) is 2. The van der Waals surface area contributed by atoms with Gasteiger partial charge in [0.2, 0.25) is 0 Å². The van der Waals surface area contributed by atoms with Gasteiger partial charge in [-0.2, -0.15) is 21.6 Å². The minimum atomic E-state index is -4.85. The molecule has 0 amide bonds. The standard InChI is InChI=1S/C29H17F3N2O7S2/c30-29(31,32)18-6-8-19(9-7-18)42(37,38)34-24-14-20(43(39,40)41)11-17-5-10-23(33-26(17)24)25-27(35)21-12-15-3-1-2-4-16(15)13-22(21)28(25)36/h1-14,25,34H,(H,39,40,41). The van der Waals surface area contributed by atoms with E-state index in [9.17, 15) is 44.1 Å². The smallest absolute Gasteiger partial charge is 0.293 e. The maximum Gasteiger partial charge on any atom is 0.416 e. The van der Waals surface area contributed by atoms with Crippen LogP contribution in [0.25, 0.3) is 21.7 Å². The van der Waals surface area contributed by atoms with Crippen molar-refractivity contribution < 1.29 is 44.1 Å². The van der Waals surface area contributed by atoms with E-state index in [1.807, 2.05) is 0 Å². The van der Waals surface area contributed by atoms with Gasteiger partial charge >= 0.3 is 6.18 Å². The van der Waals surface area contributed by atoms with Gasteiger partial charge in [0.15, 0.2) is 11.6 Å². The average molecular weight is 627 g/mol. The van der Waals surface area contributed by atoms with Crippen LogP contribution in [0.15, 0.2) is 94.7 Å². The SMILES string of the molecule is O=C1c2cc3ccccc3cc2C(=O)C1c1ccc2cc(S(=O)(=O)O)cc(NS(=O)(=O)c3ccc(C(F)(F)F)cc3)c2n1. The Morgan fingerprint density at radius 1 is 0.721 bits per heavy atom. The number of ketones is 2. The maximum absolute atomic E-state index is 13.4. The number of alkyl halides is 3. The Bertz CT molecular complexity index is 2180. The highest BCUT2D eigenvalue weighted by Gasteiger charge is 2.41. The molecule has 6 rings (SSSR count). The summed E-state index contributed by atoms with van der Waals surface area (Å²) in [6.45, 7) is 0. The van der Waals surface area contributed by atoms with Gasteiger partial charge in [0, 0.05) is 16.5 Å². The molecule has 9 nitrogen and oxygen atoms in total. The van der Waals surface area contributed by atoms with Crippen molar-refractivity contribution in [1.82, 2.24) is 4.98 Å². The molecule has 0 unspecified atom stereocenters. The van der Waals surface area contributed by atoms with Crippen molar-refractivity contribution in [2.45, 2.75) is 21.9 Å². The number of halogens is 3. The highest BCUT2D eigenvalue weighted by Crippen LogP contribution is 2.38. The number of sulfonamides is 1. The van der Waals surface area contributed by atoms with E-state index in [-0.39, 0.29) is 27.7 Å². The predicted molar refractivity (Wildman–Crippen MR) is 149 cm³/mol. The number of nitrogens with zero attached hydrogens (tertiary/aromatic N) is 1. The summed E-state index contributed by atoms with van der Waals surface area (Å²) in [6.07, 6.45) is -4.71. The molecule has 0 aliphatic heterocycles. The summed E-state index contributed by atoms with van der Waals surface area (Å²) in [5.41, 5.74) is -1.38. The quantitative estimate of drug-likeness (QED) is 0.189. The zero-order chi connectivity index (χ0) is 30.9. The molecule has 1 aromatic heterocycles. The lowest BCUT2D eigenvalue weighted by Crippen LogP contribution is -2.16. The summed E-state index contributed by atoms with van der Waals surface area (Å²) < 4.78 is 101. The second kappa shape index (κ2) is 9.69. The van der Waals surface area contributed by atoms with Crippen LogP contribution in [0.2, 0.25) is 0 Å². The Balaban J connectivity index is 1.46. The first-order chi connectivity index (χ1) is 20.1. The largest absolute Gasteiger partial charge is 0.416 e. The number of anilines is 1. The van der Waals surface area contributed by atoms with Crippen LogP contribution in [0.4, 0.5) is 18.9 Å². The zero-order valence-corrected chi connectivity index (χ0v) is 23.1. The van der Waals surface area contributed by atoms with Crippen molar-refractivity contribution in [3.63, 3.8) is 0 Å². The molecule has 4 aromatic carbocycles. The minimum Gasteiger partial charge on any atom is -0.293 e. The third kappa shape index (κ3) is 5.02. The third-order valence-corrected chi connectivity index (χ3v) is 9.27. The minimum absolute atomic E-state index is 0.0186. The van der Waals surface area contributed by atoms with Crippen LogP contribution in [-0.2, 0) is 26.3 Å². The van der Waals surface area contributed by atoms with Crippen LogP contribution in [0, 0.1) is 0 Å². The number of fused-ring (bicyclic) bond motifs is 3. The molecule has 0 saturated heterocycles. The number of benzene rings is 4. The number of aromatic nitrogens is 1. The van der Waals surface area contributed by atoms with E-state index < -0.39 is 64.8 Å². The fraction of sp³-hybridized carbons (Fsp3) is 0.0690. The van der Waals surface area contributed by atoms with Crippen LogP contribution >= 0.6 is 0 Å². The Morgan fingerprint density at radius 2 is 1.30 bits per heavy atom. The molecule has 0 bridgehead atoms. The number of nitrogens with one attached hydrogen (secondary N) is 1. The molecular formula is C29H17F3N2O7S2. The Labute approximate surface area is 241 Å². The molecule has 5 aromatic rings. The molecule has 0 fully saturated rings. The Kier molecular flexibility index (Phi) is 6.41. The van der Waals surface area contributed by atoms with Gasteiger partial charge in [0.1, 0.15) is 5.92 Å². The molecule has 0 saturated carbocycles. The molecule has 0 spiro atoms. The van der Waals surface area contributed by atoms with E-state index in [2.05, 4.69) is 9.71 Å². The zero-order valence-electron chi connectivity index (χ0n) is 21.5. The molecular weight excluding hydrogens is 609 g/mol. The van der Waals surface area contributed by atoms with Gasteiger partial charge in [-0.25, -0.2) is 13.4 Å². The first kappa shape index (κ1) is 28.5.